The van der Waals surface area contributed by atoms with Crippen molar-refractivity contribution in [1.82, 2.24) is 9.88 Å². The van der Waals surface area contributed by atoms with Crippen LogP contribution in [0.4, 0.5) is 10.8 Å². The highest BCUT2D eigenvalue weighted by atomic mass is 35.5. The predicted molar refractivity (Wildman–Crippen MR) is 159 cm³/mol. The molecule has 39 heavy (non-hydrogen) atoms. The summed E-state index contributed by atoms with van der Waals surface area (Å²) in [4.78, 5) is 22.5. The fourth-order valence-electron chi connectivity index (χ4n) is 4.15. The lowest BCUT2D eigenvalue weighted by Gasteiger charge is -2.25. The molecule has 0 N–H and O–H groups in total. The number of likely N-dealkylation sites (N-methyl/N-ethyl adjacent to an activating group) is 1. The Hall–Kier alpha value is -3.18. The summed E-state index contributed by atoms with van der Waals surface area (Å²) in [5.74, 6) is 0.293. The number of hydrogen-bond acceptors (Lipinski definition) is 7. The van der Waals surface area contributed by atoms with Crippen LogP contribution in [0, 0.1) is 0 Å². The number of sulfonamides is 1. The van der Waals surface area contributed by atoms with Gasteiger partial charge in [-0.2, -0.15) is 0 Å². The Balaban J connectivity index is 1.67. The van der Waals surface area contributed by atoms with Gasteiger partial charge >= 0.3 is 0 Å². The van der Waals surface area contributed by atoms with Crippen LogP contribution in [-0.4, -0.2) is 64.5 Å². The van der Waals surface area contributed by atoms with E-state index in [0.29, 0.717) is 45.8 Å². The molecule has 0 bridgehead atoms. The first kappa shape index (κ1) is 28.8. The SMILES string of the molecule is CCN(CC)CCN(C(=O)c1ccc(S(=O)(=O)N(C)c2ccccc2)cc1)c1nc2c(OC)ccc(Cl)c2s1. The molecule has 4 aromatic rings. The zero-order valence-electron chi connectivity index (χ0n) is 22.3. The Kier molecular flexibility index (Phi) is 9.12. The van der Waals surface area contributed by atoms with Crippen molar-refractivity contribution in [1.29, 1.82) is 0 Å². The fourth-order valence-corrected chi connectivity index (χ4v) is 6.62. The Labute approximate surface area is 238 Å². The van der Waals surface area contributed by atoms with E-state index in [9.17, 15) is 13.2 Å². The van der Waals surface area contributed by atoms with Crippen LogP contribution < -0.4 is 13.9 Å². The number of rotatable bonds is 11. The number of carbonyl (C=O) groups is 1. The van der Waals surface area contributed by atoms with E-state index >= 15 is 0 Å². The van der Waals surface area contributed by atoms with Gasteiger partial charge in [0.2, 0.25) is 0 Å². The molecule has 1 heterocycles. The van der Waals surface area contributed by atoms with Crippen LogP contribution >= 0.6 is 22.9 Å². The van der Waals surface area contributed by atoms with Crippen LogP contribution in [0.1, 0.15) is 24.2 Å². The van der Waals surface area contributed by atoms with E-state index in [4.69, 9.17) is 21.3 Å². The molecule has 206 valence electrons. The van der Waals surface area contributed by atoms with Gasteiger partial charge in [0.05, 0.1) is 27.4 Å². The second-order valence-corrected chi connectivity index (χ2v) is 12.1. The molecule has 1 amide bonds. The van der Waals surface area contributed by atoms with Crippen LogP contribution in [-0.2, 0) is 10.0 Å². The summed E-state index contributed by atoms with van der Waals surface area (Å²) >= 11 is 7.77. The number of fused-ring (bicyclic) bond motifs is 1. The number of ether oxygens (including phenoxy) is 1. The molecule has 3 aromatic carbocycles. The summed E-state index contributed by atoms with van der Waals surface area (Å²) in [6.07, 6.45) is 0. The molecule has 0 unspecified atom stereocenters. The van der Waals surface area contributed by atoms with Crippen LogP contribution in [0.15, 0.2) is 71.6 Å². The number of hydrogen-bond donors (Lipinski definition) is 0. The highest BCUT2D eigenvalue weighted by Gasteiger charge is 2.26. The highest BCUT2D eigenvalue weighted by Crippen LogP contribution is 2.39. The molecule has 0 saturated carbocycles. The minimum atomic E-state index is -3.80. The summed E-state index contributed by atoms with van der Waals surface area (Å²) in [6.45, 7) is 6.89. The van der Waals surface area contributed by atoms with Crippen molar-refractivity contribution in [2.75, 3.05) is 49.5 Å². The van der Waals surface area contributed by atoms with Crippen molar-refractivity contribution in [2.45, 2.75) is 18.7 Å². The molecule has 0 aliphatic rings. The Morgan fingerprint density at radius 1 is 0.974 bits per heavy atom. The first-order chi connectivity index (χ1) is 18.7. The third-order valence-electron chi connectivity index (χ3n) is 6.56. The largest absolute Gasteiger partial charge is 0.494 e. The van der Waals surface area contributed by atoms with Crippen molar-refractivity contribution in [3.05, 3.63) is 77.3 Å². The van der Waals surface area contributed by atoms with Crippen molar-refractivity contribution in [3.63, 3.8) is 0 Å². The van der Waals surface area contributed by atoms with E-state index in [0.717, 1.165) is 17.8 Å². The number of amides is 1. The highest BCUT2D eigenvalue weighted by molar-refractivity contribution is 7.92. The molecule has 0 atom stereocenters. The first-order valence-corrected chi connectivity index (χ1v) is 15.2. The number of aromatic nitrogens is 1. The van der Waals surface area contributed by atoms with Crippen molar-refractivity contribution in [3.8, 4) is 5.75 Å². The molecule has 0 aliphatic heterocycles. The first-order valence-electron chi connectivity index (χ1n) is 12.5. The molecular formula is C28H31ClN4O4S2. The quantitative estimate of drug-likeness (QED) is 0.222. The Morgan fingerprint density at radius 2 is 1.64 bits per heavy atom. The number of carbonyl (C=O) groups excluding carboxylic acids is 1. The number of benzene rings is 3. The van der Waals surface area contributed by atoms with Crippen molar-refractivity contribution in [2.24, 2.45) is 0 Å². The molecule has 0 aliphatic carbocycles. The van der Waals surface area contributed by atoms with E-state index in [1.807, 2.05) is 6.07 Å². The summed E-state index contributed by atoms with van der Waals surface area (Å²) < 4.78 is 33.8. The molecule has 0 saturated heterocycles. The number of para-hydroxylation sites is 1. The maximum absolute atomic E-state index is 13.8. The third-order valence-corrected chi connectivity index (χ3v) is 9.90. The monoisotopic (exact) mass is 586 g/mol. The molecular weight excluding hydrogens is 556 g/mol. The van der Waals surface area contributed by atoms with Crippen LogP contribution in [0.25, 0.3) is 10.2 Å². The van der Waals surface area contributed by atoms with E-state index in [1.54, 1.807) is 60.5 Å². The number of nitrogens with zero attached hydrogens (tertiary/aromatic N) is 4. The van der Waals surface area contributed by atoms with E-state index < -0.39 is 10.0 Å². The lowest BCUT2D eigenvalue weighted by atomic mass is 10.2. The van der Waals surface area contributed by atoms with Gasteiger partial charge in [-0.1, -0.05) is 55.0 Å². The maximum atomic E-state index is 13.8. The van der Waals surface area contributed by atoms with Crippen molar-refractivity contribution < 1.29 is 17.9 Å². The normalized spacial score (nSPS) is 11.6. The predicted octanol–water partition coefficient (Wildman–Crippen LogP) is 5.77. The van der Waals surface area contributed by atoms with Crippen LogP contribution in [0.3, 0.4) is 0 Å². The third kappa shape index (κ3) is 6.04. The van der Waals surface area contributed by atoms with E-state index in [1.165, 1.54) is 34.8 Å². The zero-order valence-corrected chi connectivity index (χ0v) is 24.7. The van der Waals surface area contributed by atoms with Gasteiger partial charge in [0.25, 0.3) is 15.9 Å². The molecule has 8 nitrogen and oxygen atoms in total. The van der Waals surface area contributed by atoms with E-state index in [-0.39, 0.29) is 10.8 Å². The lowest BCUT2D eigenvalue weighted by Crippen LogP contribution is -2.38. The summed E-state index contributed by atoms with van der Waals surface area (Å²) in [6, 6.07) is 18.3. The van der Waals surface area contributed by atoms with Gasteiger partial charge in [-0.25, -0.2) is 13.4 Å². The number of thiazole rings is 1. The van der Waals surface area contributed by atoms with Gasteiger partial charge in [-0.15, -0.1) is 0 Å². The standard InChI is InChI=1S/C28H31ClN4O4S2/c1-5-32(6-2)18-19-33(28-30-25-24(37-4)17-16-23(29)26(25)38-28)27(34)20-12-14-22(15-13-20)39(35,36)31(3)21-10-8-7-9-11-21/h7-17H,5-6,18-19H2,1-4H3. The minimum absolute atomic E-state index is 0.0941. The Bertz CT molecular complexity index is 1540. The molecule has 0 spiro atoms. The number of methoxy groups -OCH3 is 1. The minimum Gasteiger partial charge on any atom is -0.494 e. The smallest absolute Gasteiger partial charge is 0.264 e. The molecule has 1 aromatic heterocycles. The fraction of sp³-hybridized carbons (Fsp3) is 0.286. The molecule has 11 heteroatoms. The number of halogens is 1. The van der Waals surface area contributed by atoms with Gasteiger partial charge in [-0.05, 0) is 61.6 Å². The van der Waals surface area contributed by atoms with Gasteiger partial charge in [0.1, 0.15) is 11.3 Å². The summed E-state index contributed by atoms with van der Waals surface area (Å²) in [5, 5.41) is 1.02. The molecule has 0 radical (unpaired) electrons. The summed E-state index contributed by atoms with van der Waals surface area (Å²) in [7, 11) is -0.732. The second-order valence-electron chi connectivity index (χ2n) is 8.74. The van der Waals surface area contributed by atoms with Gasteiger partial charge in [0, 0.05) is 25.7 Å². The average Bonchev–Trinajstić information content (AvgIpc) is 3.41. The lowest BCUT2D eigenvalue weighted by molar-refractivity contribution is 0.0983. The van der Waals surface area contributed by atoms with Crippen LogP contribution in [0.5, 0.6) is 5.75 Å². The average molecular weight is 587 g/mol. The van der Waals surface area contributed by atoms with Gasteiger partial charge in [-0.3, -0.25) is 14.0 Å². The molecule has 4 rings (SSSR count). The molecule has 0 fully saturated rings. The number of anilines is 2. The maximum Gasteiger partial charge on any atom is 0.264 e. The summed E-state index contributed by atoms with van der Waals surface area (Å²) in [5.41, 5.74) is 1.49. The van der Waals surface area contributed by atoms with Crippen molar-refractivity contribution >= 4 is 59.9 Å². The topological polar surface area (TPSA) is 83.1 Å². The van der Waals surface area contributed by atoms with Gasteiger partial charge < -0.3 is 9.64 Å². The van der Waals surface area contributed by atoms with Gasteiger partial charge in [0.15, 0.2) is 5.13 Å². The Morgan fingerprint density at radius 3 is 2.26 bits per heavy atom. The second kappa shape index (κ2) is 12.3. The zero-order chi connectivity index (χ0) is 28.2. The van der Waals surface area contributed by atoms with E-state index in [2.05, 4.69) is 18.7 Å². The van der Waals surface area contributed by atoms with Crippen LogP contribution in [0.2, 0.25) is 5.02 Å².